The monoisotopic (exact) mass is 333 g/mol. The summed E-state index contributed by atoms with van der Waals surface area (Å²) in [5.74, 6) is 1.12. The van der Waals surface area contributed by atoms with Crippen molar-refractivity contribution in [3.8, 4) is 0 Å². The molecule has 0 bridgehead atoms. The zero-order valence-electron chi connectivity index (χ0n) is 12.1. The zero-order chi connectivity index (χ0) is 14.7. The summed E-state index contributed by atoms with van der Waals surface area (Å²) < 4.78 is 5.80. The van der Waals surface area contributed by atoms with Crippen molar-refractivity contribution in [2.75, 3.05) is 12.4 Å². The Morgan fingerprint density at radius 1 is 1.30 bits per heavy atom. The van der Waals surface area contributed by atoms with E-state index in [1.165, 1.54) is 5.56 Å². The summed E-state index contributed by atoms with van der Waals surface area (Å²) in [5, 5.41) is 6.33. The SMILES string of the molecule is CCCS1=C(OCC)NC(C)C1c1ccc(Cl)cc1Cl. The van der Waals surface area contributed by atoms with E-state index in [0.29, 0.717) is 22.9 Å². The van der Waals surface area contributed by atoms with Crippen LogP contribution in [0, 0.1) is 0 Å². The molecule has 0 amide bonds. The molecule has 20 heavy (non-hydrogen) atoms. The van der Waals surface area contributed by atoms with E-state index in [1.807, 2.05) is 19.1 Å². The van der Waals surface area contributed by atoms with Crippen LogP contribution in [0.5, 0.6) is 0 Å². The summed E-state index contributed by atoms with van der Waals surface area (Å²) in [5.41, 5.74) is 1.17. The van der Waals surface area contributed by atoms with E-state index in [-0.39, 0.29) is 10.5 Å². The van der Waals surface area contributed by atoms with Crippen LogP contribution in [0.25, 0.3) is 0 Å². The van der Waals surface area contributed by atoms with Crippen molar-refractivity contribution in [3.05, 3.63) is 33.8 Å². The van der Waals surface area contributed by atoms with Gasteiger partial charge in [0, 0.05) is 21.3 Å². The molecule has 3 unspecified atom stereocenters. The second kappa shape index (κ2) is 7.28. The summed E-state index contributed by atoms with van der Waals surface area (Å²) in [6.07, 6.45) is 1.13. The van der Waals surface area contributed by atoms with Crippen LogP contribution in [0.4, 0.5) is 0 Å². The van der Waals surface area contributed by atoms with Crippen molar-refractivity contribution in [2.24, 2.45) is 0 Å². The molecule has 0 aromatic heterocycles. The second-order valence-corrected chi connectivity index (χ2v) is 7.86. The van der Waals surface area contributed by atoms with Crippen LogP contribution in [-0.4, -0.2) is 23.6 Å². The van der Waals surface area contributed by atoms with Gasteiger partial charge in [0.2, 0.25) is 0 Å². The molecule has 5 heteroatoms. The fourth-order valence-electron chi connectivity index (χ4n) is 2.54. The molecule has 0 radical (unpaired) electrons. The number of hydrogen-bond acceptors (Lipinski definition) is 2. The highest BCUT2D eigenvalue weighted by Gasteiger charge is 2.33. The molecule has 0 spiro atoms. The highest BCUT2D eigenvalue weighted by Crippen LogP contribution is 2.46. The molecular weight excluding hydrogens is 313 g/mol. The van der Waals surface area contributed by atoms with Gasteiger partial charge in [0.25, 0.3) is 0 Å². The van der Waals surface area contributed by atoms with Gasteiger partial charge in [-0.25, -0.2) is 0 Å². The van der Waals surface area contributed by atoms with Crippen LogP contribution in [0.15, 0.2) is 18.2 Å². The van der Waals surface area contributed by atoms with Crippen molar-refractivity contribution >= 4 is 38.9 Å². The van der Waals surface area contributed by atoms with Gasteiger partial charge in [0.1, 0.15) is 5.17 Å². The summed E-state index contributed by atoms with van der Waals surface area (Å²) in [7, 11) is 0.0551. The number of benzene rings is 1. The van der Waals surface area contributed by atoms with Gasteiger partial charge in [-0.2, -0.15) is 0 Å². The van der Waals surface area contributed by atoms with Gasteiger partial charge < -0.3 is 4.74 Å². The minimum Gasteiger partial charge on any atom is -0.331 e. The predicted molar refractivity (Wildman–Crippen MR) is 91.2 cm³/mol. The van der Waals surface area contributed by atoms with Crippen molar-refractivity contribution in [2.45, 2.75) is 38.5 Å². The number of halogens is 2. The minimum atomic E-state index is 0.0551. The van der Waals surface area contributed by atoms with Gasteiger partial charge in [-0.3, -0.25) is 5.32 Å². The zero-order valence-corrected chi connectivity index (χ0v) is 14.4. The molecule has 0 fully saturated rings. The first-order chi connectivity index (χ1) is 9.58. The molecule has 0 saturated carbocycles. The lowest BCUT2D eigenvalue weighted by Crippen LogP contribution is -2.30. The Hall–Kier alpha value is -0.0600. The Kier molecular flexibility index (Phi) is 5.94. The average Bonchev–Trinajstić information content (AvgIpc) is 2.68. The van der Waals surface area contributed by atoms with Gasteiger partial charge in [0.05, 0.1) is 6.61 Å². The number of hydrogen-bond donors (Lipinski definition) is 1. The maximum Gasteiger partial charge on any atom is 0.146 e. The maximum atomic E-state index is 6.41. The molecule has 3 atom stereocenters. The Balaban J connectivity index is 2.41. The predicted octanol–water partition coefficient (Wildman–Crippen LogP) is 4.83. The molecule has 2 nitrogen and oxygen atoms in total. The van der Waals surface area contributed by atoms with E-state index in [0.717, 1.165) is 22.4 Å². The fraction of sp³-hybridized carbons (Fsp3) is 0.533. The van der Waals surface area contributed by atoms with Gasteiger partial charge in [-0.05, 0) is 43.7 Å². The van der Waals surface area contributed by atoms with E-state index in [9.17, 15) is 0 Å². The van der Waals surface area contributed by atoms with Gasteiger partial charge in [-0.1, -0.05) is 36.2 Å². The molecule has 1 aliphatic rings. The number of rotatable bonds is 4. The molecule has 1 N–H and O–H groups in total. The molecule has 1 aromatic carbocycles. The Labute approximate surface area is 133 Å². The van der Waals surface area contributed by atoms with Crippen molar-refractivity contribution in [1.82, 2.24) is 5.32 Å². The van der Waals surface area contributed by atoms with E-state index >= 15 is 0 Å². The minimum absolute atomic E-state index is 0.0551. The standard InChI is InChI=1S/C15H21Cl2NOS/c1-4-8-20-14(10(3)18-15(20)19-5-2)12-7-6-11(16)9-13(12)17/h6-7,9-10,14,18H,4-5,8H2,1-3H3. The normalized spacial score (nSPS) is 26.2. The first kappa shape index (κ1) is 16.3. The fourth-order valence-corrected chi connectivity index (χ4v) is 5.92. The van der Waals surface area contributed by atoms with Crippen LogP contribution < -0.4 is 5.32 Å². The van der Waals surface area contributed by atoms with Gasteiger partial charge in [0.15, 0.2) is 0 Å². The third kappa shape index (κ3) is 3.40. The molecule has 2 rings (SSSR count). The van der Waals surface area contributed by atoms with E-state index in [4.69, 9.17) is 27.9 Å². The number of ether oxygens (including phenoxy) is 1. The average molecular weight is 334 g/mol. The summed E-state index contributed by atoms with van der Waals surface area (Å²) in [6, 6.07) is 6.13. The molecule has 1 heterocycles. The molecule has 1 aliphatic heterocycles. The summed E-state index contributed by atoms with van der Waals surface area (Å²) >= 11 is 12.4. The van der Waals surface area contributed by atoms with Gasteiger partial charge >= 0.3 is 0 Å². The Morgan fingerprint density at radius 2 is 2.05 bits per heavy atom. The van der Waals surface area contributed by atoms with Crippen molar-refractivity contribution in [1.29, 1.82) is 0 Å². The van der Waals surface area contributed by atoms with Crippen LogP contribution >= 0.6 is 33.7 Å². The van der Waals surface area contributed by atoms with Crippen LogP contribution in [-0.2, 0) is 4.74 Å². The topological polar surface area (TPSA) is 21.3 Å². The summed E-state index contributed by atoms with van der Waals surface area (Å²) in [6.45, 7) is 7.12. The lowest BCUT2D eigenvalue weighted by atomic mass is 10.1. The van der Waals surface area contributed by atoms with Crippen LogP contribution in [0.2, 0.25) is 10.0 Å². The quantitative estimate of drug-likeness (QED) is 0.797. The smallest absolute Gasteiger partial charge is 0.146 e. The van der Waals surface area contributed by atoms with Gasteiger partial charge in [-0.15, -0.1) is 10.5 Å². The van der Waals surface area contributed by atoms with E-state index in [2.05, 4.69) is 25.2 Å². The lowest BCUT2D eigenvalue weighted by molar-refractivity contribution is 0.317. The largest absolute Gasteiger partial charge is 0.331 e. The molecule has 1 aromatic rings. The van der Waals surface area contributed by atoms with E-state index < -0.39 is 0 Å². The van der Waals surface area contributed by atoms with Crippen molar-refractivity contribution in [3.63, 3.8) is 0 Å². The second-order valence-electron chi connectivity index (χ2n) is 4.87. The van der Waals surface area contributed by atoms with Crippen molar-refractivity contribution < 1.29 is 4.74 Å². The maximum absolute atomic E-state index is 6.41. The molecular formula is C15H21Cl2NOS. The highest BCUT2D eigenvalue weighted by molar-refractivity contribution is 8.16. The lowest BCUT2D eigenvalue weighted by Gasteiger charge is -2.21. The third-order valence-corrected chi connectivity index (χ3v) is 6.71. The summed E-state index contributed by atoms with van der Waals surface area (Å²) in [4.78, 5) is 0. The Bertz CT molecular complexity index is 519. The third-order valence-electron chi connectivity index (χ3n) is 3.31. The first-order valence-corrected chi connectivity index (χ1v) is 9.20. The Morgan fingerprint density at radius 3 is 2.65 bits per heavy atom. The van der Waals surface area contributed by atoms with E-state index in [1.54, 1.807) is 0 Å². The molecule has 0 saturated heterocycles. The first-order valence-electron chi connectivity index (χ1n) is 6.99. The highest BCUT2D eigenvalue weighted by atomic mass is 35.5. The number of nitrogens with one attached hydrogen (secondary N) is 1. The van der Waals surface area contributed by atoms with Crippen LogP contribution in [0.1, 0.15) is 38.0 Å². The molecule has 0 aliphatic carbocycles. The molecule has 112 valence electrons. The van der Waals surface area contributed by atoms with Crippen LogP contribution in [0.3, 0.4) is 0 Å².